The van der Waals surface area contributed by atoms with Crippen molar-refractivity contribution in [2.24, 2.45) is 0 Å². The average Bonchev–Trinajstić information content (AvgIpc) is 2.53. The topological polar surface area (TPSA) is 15.3 Å². The third-order valence-corrected chi connectivity index (χ3v) is 5.53. The zero-order chi connectivity index (χ0) is 14.2. The van der Waals surface area contributed by atoms with Crippen LogP contribution in [0.25, 0.3) is 0 Å². The lowest BCUT2D eigenvalue weighted by atomic mass is 10.0. The molecule has 2 heterocycles. The zero-order valence-corrected chi connectivity index (χ0v) is 14.5. The van der Waals surface area contributed by atoms with Crippen molar-refractivity contribution >= 4 is 47.1 Å². The fourth-order valence-corrected chi connectivity index (χ4v) is 4.42. The lowest BCUT2D eigenvalue weighted by Crippen LogP contribution is -2.44. The lowest BCUT2D eigenvalue weighted by Gasteiger charge is -2.40. The largest absolute Gasteiger partial charge is 0.335 e. The van der Waals surface area contributed by atoms with E-state index >= 15 is 0 Å². The Bertz CT molecular complexity index is 671. The van der Waals surface area contributed by atoms with Crippen molar-refractivity contribution in [2.45, 2.75) is 28.7 Å². The van der Waals surface area contributed by atoms with Crippen molar-refractivity contribution < 1.29 is 0 Å². The molecule has 1 N–H and O–H groups in total. The lowest BCUT2D eigenvalue weighted by molar-refractivity contribution is 0.451. The first-order chi connectivity index (χ1) is 10.3. The predicted octanol–water partition coefficient (Wildman–Crippen LogP) is 5.12. The highest BCUT2D eigenvalue weighted by atomic mass is 35.5. The predicted molar refractivity (Wildman–Crippen MR) is 97.3 cm³/mol. The van der Waals surface area contributed by atoms with Gasteiger partial charge in [0.15, 0.2) is 0 Å². The van der Waals surface area contributed by atoms with E-state index < -0.39 is 0 Å². The van der Waals surface area contributed by atoms with E-state index in [1.165, 1.54) is 34.0 Å². The minimum absolute atomic E-state index is 0. The van der Waals surface area contributed by atoms with E-state index in [0.29, 0.717) is 6.04 Å². The maximum absolute atomic E-state index is 6.26. The average molecular weight is 353 g/mol. The fourth-order valence-electron chi connectivity index (χ4n) is 3.20. The molecule has 2 aliphatic rings. The standard InChI is InChI=1S/C17H17ClN2S.ClH/c18-12-7-8-17-15(10-12)20(13-4-3-9-19-11-13)14-5-1-2-6-16(14)21-17;/h1-2,5-8,10,13,19H,3-4,9,11H2;1H. The molecule has 22 heavy (non-hydrogen) atoms. The summed E-state index contributed by atoms with van der Waals surface area (Å²) in [5, 5.41) is 4.33. The third kappa shape index (κ3) is 2.83. The Morgan fingerprint density at radius 3 is 2.73 bits per heavy atom. The van der Waals surface area contributed by atoms with Gasteiger partial charge in [-0.15, -0.1) is 12.4 Å². The van der Waals surface area contributed by atoms with Gasteiger partial charge in [-0.05, 0) is 49.7 Å². The molecule has 1 saturated heterocycles. The number of para-hydroxylation sites is 1. The highest BCUT2D eigenvalue weighted by Crippen LogP contribution is 2.50. The van der Waals surface area contributed by atoms with Crippen molar-refractivity contribution in [1.82, 2.24) is 5.32 Å². The van der Waals surface area contributed by atoms with E-state index in [4.69, 9.17) is 11.6 Å². The van der Waals surface area contributed by atoms with Gasteiger partial charge in [-0.25, -0.2) is 0 Å². The minimum atomic E-state index is 0. The molecule has 0 amide bonds. The van der Waals surface area contributed by atoms with Gasteiger partial charge in [0.2, 0.25) is 0 Å². The minimum Gasteiger partial charge on any atom is -0.335 e. The molecule has 0 spiro atoms. The molecule has 2 aliphatic heterocycles. The van der Waals surface area contributed by atoms with Crippen molar-refractivity contribution in [2.75, 3.05) is 18.0 Å². The summed E-state index contributed by atoms with van der Waals surface area (Å²) in [4.78, 5) is 5.11. The second-order valence-corrected chi connectivity index (χ2v) is 7.07. The summed E-state index contributed by atoms with van der Waals surface area (Å²) in [6, 6.07) is 15.4. The zero-order valence-electron chi connectivity index (χ0n) is 12.1. The van der Waals surface area contributed by atoms with E-state index in [9.17, 15) is 0 Å². The monoisotopic (exact) mass is 352 g/mol. The van der Waals surface area contributed by atoms with E-state index in [0.717, 1.165) is 18.1 Å². The summed E-state index contributed by atoms with van der Waals surface area (Å²) in [7, 11) is 0. The molecule has 4 rings (SSSR count). The maximum Gasteiger partial charge on any atom is 0.0570 e. The molecule has 0 aromatic heterocycles. The fraction of sp³-hybridized carbons (Fsp3) is 0.294. The number of nitrogens with one attached hydrogen (secondary N) is 1. The maximum atomic E-state index is 6.26. The molecule has 1 unspecified atom stereocenters. The van der Waals surface area contributed by atoms with E-state index in [2.05, 4.69) is 46.6 Å². The first-order valence-corrected chi connectivity index (χ1v) is 8.59. The van der Waals surface area contributed by atoms with Gasteiger partial charge < -0.3 is 10.2 Å². The molecular formula is C17H18Cl2N2S. The molecule has 2 nitrogen and oxygen atoms in total. The number of halogens is 2. The van der Waals surface area contributed by atoms with Crippen LogP contribution in [0.15, 0.2) is 52.3 Å². The highest BCUT2D eigenvalue weighted by Gasteiger charge is 2.30. The first-order valence-electron chi connectivity index (χ1n) is 7.39. The number of piperidine rings is 1. The summed E-state index contributed by atoms with van der Waals surface area (Å²) < 4.78 is 0. The number of hydrogen-bond donors (Lipinski definition) is 1. The van der Waals surface area contributed by atoms with Crippen LogP contribution in [-0.2, 0) is 0 Å². The summed E-state index contributed by atoms with van der Waals surface area (Å²) in [6.45, 7) is 2.16. The van der Waals surface area contributed by atoms with Gasteiger partial charge in [0.05, 0.1) is 11.4 Å². The van der Waals surface area contributed by atoms with Gasteiger partial charge in [-0.2, -0.15) is 0 Å². The van der Waals surface area contributed by atoms with Crippen LogP contribution in [0.1, 0.15) is 12.8 Å². The Morgan fingerprint density at radius 1 is 1.09 bits per heavy atom. The van der Waals surface area contributed by atoms with Crippen LogP contribution in [-0.4, -0.2) is 19.1 Å². The molecule has 1 fully saturated rings. The first kappa shape index (κ1) is 16.0. The van der Waals surface area contributed by atoms with Crippen LogP contribution in [0.2, 0.25) is 5.02 Å². The number of nitrogens with zero attached hydrogens (tertiary/aromatic N) is 1. The van der Waals surface area contributed by atoms with Crippen LogP contribution in [0.3, 0.4) is 0 Å². The van der Waals surface area contributed by atoms with Crippen LogP contribution in [0.4, 0.5) is 11.4 Å². The Kier molecular flexibility index (Phi) is 4.88. The molecule has 0 aliphatic carbocycles. The molecule has 0 radical (unpaired) electrons. The van der Waals surface area contributed by atoms with Gasteiger partial charge in [-0.1, -0.05) is 35.5 Å². The quantitative estimate of drug-likeness (QED) is 0.766. The van der Waals surface area contributed by atoms with E-state index in [-0.39, 0.29) is 12.4 Å². The number of rotatable bonds is 1. The molecular weight excluding hydrogens is 335 g/mol. The molecule has 116 valence electrons. The smallest absolute Gasteiger partial charge is 0.0570 e. The van der Waals surface area contributed by atoms with Crippen LogP contribution < -0.4 is 10.2 Å². The van der Waals surface area contributed by atoms with Crippen LogP contribution >= 0.6 is 35.8 Å². The number of anilines is 2. The van der Waals surface area contributed by atoms with Gasteiger partial charge >= 0.3 is 0 Å². The SMILES string of the molecule is Cl.Clc1ccc2c(c1)N(C1CCCNC1)c1ccccc1S2. The Labute approximate surface area is 146 Å². The Hall–Kier alpha value is -0.870. The molecule has 1 atom stereocenters. The summed E-state index contributed by atoms with van der Waals surface area (Å²) in [5.74, 6) is 0. The number of benzene rings is 2. The van der Waals surface area contributed by atoms with E-state index in [1.54, 1.807) is 0 Å². The summed E-state index contributed by atoms with van der Waals surface area (Å²) in [6.07, 6.45) is 2.45. The molecule has 2 aromatic carbocycles. The number of fused-ring (bicyclic) bond motifs is 2. The molecule has 0 bridgehead atoms. The molecule has 2 aromatic rings. The van der Waals surface area contributed by atoms with E-state index in [1.807, 2.05) is 17.8 Å². The van der Waals surface area contributed by atoms with Crippen molar-refractivity contribution in [3.63, 3.8) is 0 Å². The normalized spacial score (nSPS) is 19.9. The molecule has 0 saturated carbocycles. The highest BCUT2D eigenvalue weighted by molar-refractivity contribution is 7.99. The second kappa shape index (κ2) is 6.71. The summed E-state index contributed by atoms with van der Waals surface area (Å²) >= 11 is 8.09. The van der Waals surface area contributed by atoms with Crippen LogP contribution in [0.5, 0.6) is 0 Å². The van der Waals surface area contributed by atoms with Gasteiger partial charge in [0, 0.05) is 27.4 Å². The van der Waals surface area contributed by atoms with Crippen molar-refractivity contribution in [1.29, 1.82) is 0 Å². The Balaban J connectivity index is 0.00000144. The van der Waals surface area contributed by atoms with Crippen molar-refractivity contribution in [3.05, 3.63) is 47.5 Å². The second-order valence-electron chi connectivity index (χ2n) is 5.55. The van der Waals surface area contributed by atoms with Gasteiger partial charge in [-0.3, -0.25) is 0 Å². The van der Waals surface area contributed by atoms with Gasteiger partial charge in [0.25, 0.3) is 0 Å². The van der Waals surface area contributed by atoms with Gasteiger partial charge in [0.1, 0.15) is 0 Å². The number of hydrogen-bond acceptors (Lipinski definition) is 3. The van der Waals surface area contributed by atoms with Crippen LogP contribution in [0, 0.1) is 0 Å². The van der Waals surface area contributed by atoms with Crippen molar-refractivity contribution in [3.8, 4) is 0 Å². The summed E-state index contributed by atoms with van der Waals surface area (Å²) in [5.41, 5.74) is 2.56. The third-order valence-electron chi connectivity index (χ3n) is 4.16. The molecule has 5 heteroatoms. The Morgan fingerprint density at radius 2 is 1.91 bits per heavy atom.